The molecule has 0 bridgehead atoms. The van der Waals surface area contributed by atoms with Crippen molar-refractivity contribution in [2.75, 3.05) is 11.5 Å². The summed E-state index contributed by atoms with van der Waals surface area (Å²) in [6.07, 6.45) is 0.0589. The van der Waals surface area contributed by atoms with Gasteiger partial charge in [0.2, 0.25) is 11.8 Å². The van der Waals surface area contributed by atoms with Crippen LogP contribution in [-0.4, -0.2) is 55.9 Å². The first kappa shape index (κ1) is 17.9. The third-order valence-corrected chi connectivity index (χ3v) is 6.53. The smallest absolute Gasteiger partial charge is 0.328 e. The lowest BCUT2D eigenvalue weighted by Gasteiger charge is -2.55. The van der Waals surface area contributed by atoms with Gasteiger partial charge < -0.3 is 21.1 Å². The molecule has 134 valence electrons. The number of nitrogens with one attached hydrogen (secondary N) is 1. The number of carboxylic acids is 1. The maximum atomic E-state index is 12.4. The Labute approximate surface area is 153 Å². The van der Waals surface area contributed by atoms with Crippen LogP contribution in [0, 0.1) is 0 Å². The zero-order chi connectivity index (χ0) is 18.4. The van der Waals surface area contributed by atoms with E-state index < -0.39 is 34.2 Å². The summed E-state index contributed by atoms with van der Waals surface area (Å²) in [5.41, 5.74) is 7.01. The fourth-order valence-corrected chi connectivity index (χ4v) is 4.96. The average Bonchev–Trinajstić information content (AvgIpc) is 2.53. The van der Waals surface area contributed by atoms with Gasteiger partial charge in [0, 0.05) is 11.4 Å². The van der Waals surface area contributed by atoms with Crippen LogP contribution >= 0.6 is 23.4 Å². The Morgan fingerprint density at radius 1 is 1.48 bits per heavy atom. The highest BCUT2D eigenvalue weighted by atomic mass is 35.5. The third-order valence-electron chi connectivity index (χ3n) is 4.42. The number of β-lactam (4-membered cyclic amide) rings is 1. The number of amides is 2. The van der Waals surface area contributed by atoms with Crippen LogP contribution in [0.2, 0.25) is 0 Å². The number of nitrogen functional groups attached to an aromatic ring is 1. The molecule has 7 nitrogen and oxygen atoms in total. The van der Waals surface area contributed by atoms with Crippen LogP contribution < -0.4 is 11.1 Å². The minimum absolute atomic E-state index is 0.0589. The van der Waals surface area contributed by atoms with Gasteiger partial charge in [0.25, 0.3) is 0 Å². The van der Waals surface area contributed by atoms with Gasteiger partial charge in [0.1, 0.15) is 17.5 Å². The van der Waals surface area contributed by atoms with Gasteiger partial charge in [-0.3, -0.25) is 9.59 Å². The second kappa shape index (κ2) is 6.42. The van der Waals surface area contributed by atoms with Crippen molar-refractivity contribution in [3.8, 4) is 0 Å². The van der Waals surface area contributed by atoms with Crippen LogP contribution in [0.3, 0.4) is 0 Å². The summed E-state index contributed by atoms with van der Waals surface area (Å²) in [6.45, 7) is 1.61. The summed E-state index contributed by atoms with van der Waals surface area (Å²) in [7, 11) is 0. The average molecular weight is 384 g/mol. The predicted molar refractivity (Wildman–Crippen MR) is 95.3 cm³/mol. The molecular formula is C16H18ClN3O4S. The summed E-state index contributed by atoms with van der Waals surface area (Å²) in [4.78, 5) is 36.4. The van der Waals surface area contributed by atoms with Gasteiger partial charge in [0.15, 0.2) is 0 Å². The standard InChI is InChI=1S/C16H18ClN3O4S/c1-16(17)7-25-14-11(13(22)20(14)12(16)15(23)24)19-10(21)6-8-4-2-3-5-9(8)18/h2-5,11-12,14H,6-7,18H2,1H3,(H,19,21)(H,23,24)/t11-,12+,14-,16-/m1/s1. The molecule has 4 N–H and O–H groups in total. The molecule has 1 aromatic rings. The lowest BCUT2D eigenvalue weighted by molar-refractivity contribution is -0.164. The zero-order valence-electron chi connectivity index (χ0n) is 13.4. The first-order chi connectivity index (χ1) is 11.7. The van der Waals surface area contributed by atoms with Gasteiger partial charge in [-0.1, -0.05) is 18.2 Å². The molecule has 0 aliphatic carbocycles. The lowest BCUT2D eigenvalue weighted by atomic mass is 9.94. The summed E-state index contributed by atoms with van der Waals surface area (Å²) in [5, 5.41) is 11.7. The Hall–Kier alpha value is -1.93. The van der Waals surface area contributed by atoms with Crippen molar-refractivity contribution in [1.82, 2.24) is 10.2 Å². The highest BCUT2D eigenvalue weighted by Crippen LogP contribution is 2.44. The first-order valence-corrected chi connectivity index (χ1v) is 9.13. The number of benzene rings is 1. The number of carbonyl (C=O) groups is 3. The number of rotatable bonds is 4. The van der Waals surface area contributed by atoms with Gasteiger partial charge >= 0.3 is 5.97 Å². The molecule has 2 fully saturated rings. The number of alkyl halides is 1. The van der Waals surface area contributed by atoms with Gasteiger partial charge in [-0.15, -0.1) is 23.4 Å². The molecule has 0 saturated carbocycles. The number of fused-ring (bicyclic) bond motifs is 1. The van der Waals surface area contributed by atoms with Crippen molar-refractivity contribution >= 4 is 46.8 Å². The highest BCUT2D eigenvalue weighted by molar-refractivity contribution is 8.00. The molecule has 0 radical (unpaired) electrons. The number of thioether (sulfide) groups is 1. The molecule has 0 unspecified atom stereocenters. The second-order valence-electron chi connectivity index (χ2n) is 6.39. The van der Waals surface area contributed by atoms with Crippen LogP contribution in [0.15, 0.2) is 24.3 Å². The van der Waals surface area contributed by atoms with Gasteiger partial charge in [0.05, 0.1) is 11.3 Å². The van der Waals surface area contributed by atoms with E-state index in [0.717, 1.165) is 0 Å². The maximum Gasteiger partial charge on any atom is 0.328 e. The summed E-state index contributed by atoms with van der Waals surface area (Å²) in [5.74, 6) is -1.52. The lowest BCUT2D eigenvalue weighted by Crippen LogP contribution is -2.78. The van der Waals surface area contributed by atoms with Crippen molar-refractivity contribution in [3.63, 3.8) is 0 Å². The molecule has 2 aliphatic rings. The molecule has 2 amide bonds. The van der Waals surface area contributed by atoms with E-state index in [-0.39, 0.29) is 12.3 Å². The third kappa shape index (κ3) is 3.16. The van der Waals surface area contributed by atoms with Crippen molar-refractivity contribution in [3.05, 3.63) is 29.8 Å². The normalized spacial score (nSPS) is 31.0. The van der Waals surface area contributed by atoms with Crippen LogP contribution in [0.4, 0.5) is 5.69 Å². The summed E-state index contributed by atoms with van der Waals surface area (Å²) >= 11 is 7.65. The largest absolute Gasteiger partial charge is 0.480 e. The number of carboxylic acid groups (broad SMARTS) is 1. The molecule has 25 heavy (non-hydrogen) atoms. The minimum Gasteiger partial charge on any atom is -0.480 e. The first-order valence-electron chi connectivity index (χ1n) is 7.70. The zero-order valence-corrected chi connectivity index (χ0v) is 15.0. The van der Waals surface area contributed by atoms with Crippen LogP contribution in [0.25, 0.3) is 0 Å². The maximum absolute atomic E-state index is 12.4. The molecular weight excluding hydrogens is 366 g/mol. The van der Waals surface area contributed by atoms with E-state index in [1.165, 1.54) is 16.7 Å². The molecule has 3 rings (SSSR count). The van der Waals surface area contributed by atoms with Gasteiger partial charge in [-0.2, -0.15) is 0 Å². The van der Waals surface area contributed by atoms with E-state index in [1.807, 2.05) is 0 Å². The fraction of sp³-hybridized carbons (Fsp3) is 0.438. The predicted octanol–water partition coefficient (Wildman–Crippen LogP) is 0.662. The van der Waals surface area contributed by atoms with E-state index in [1.54, 1.807) is 31.2 Å². The number of nitrogens with zero attached hydrogens (tertiary/aromatic N) is 1. The molecule has 0 spiro atoms. The number of hydrogen-bond acceptors (Lipinski definition) is 5. The number of para-hydroxylation sites is 1. The van der Waals surface area contributed by atoms with Gasteiger partial charge in [-0.25, -0.2) is 4.79 Å². The SMILES string of the molecule is C[C@@]1(Cl)CS[C@@H]2[C@H](NC(=O)Cc3ccccc3N)C(=O)N2[C@H]1C(=O)O. The Balaban J connectivity index is 1.68. The Bertz CT molecular complexity index is 742. The van der Waals surface area contributed by atoms with E-state index in [2.05, 4.69) is 5.32 Å². The highest BCUT2D eigenvalue weighted by Gasteiger charge is 2.61. The number of hydrogen-bond donors (Lipinski definition) is 3. The van der Waals surface area contributed by atoms with Crippen molar-refractivity contribution in [1.29, 1.82) is 0 Å². The van der Waals surface area contributed by atoms with E-state index in [9.17, 15) is 19.5 Å². The van der Waals surface area contributed by atoms with Crippen LogP contribution in [-0.2, 0) is 20.8 Å². The molecule has 4 atom stereocenters. The van der Waals surface area contributed by atoms with E-state index in [0.29, 0.717) is 17.0 Å². The molecule has 1 aromatic carbocycles. The number of aliphatic carboxylic acids is 1. The minimum atomic E-state index is -1.14. The Morgan fingerprint density at radius 2 is 2.16 bits per heavy atom. The second-order valence-corrected chi connectivity index (χ2v) is 8.36. The van der Waals surface area contributed by atoms with Crippen LogP contribution in [0.5, 0.6) is 0 Å². The summed E-state index contributed by atoms with van der Waals surface area (Å²) < 4.78 is 0. The molecule has 9 heteroatoms. The Morgan fingerprint density at radius 3 is 2.80 bits per heavy atom. The van der Waals surface area contributed by atoms with Crippen molar-refractivity contribution in [2.24, 2.45) is 0 Å². The molecule has 2 heterocycles. The van der Waals surface area contributed by atoms with Crippen LogP contribution in [0.1, 0.15) is 12.5 Å². The topological polar surface area (TPSA) is 113 Å². The van der Waals surface area contributed by atoms with Crippen molar-refractivity contribution in [2.45, 2.75) is 35.7 Å². The molecule has 2 saturated heterocycles. The monoisotopic (exact) mass is 383 g/mol. The quantitative estimate of drug-likeness (QED) is 0.400. The van der Waals surface area contributed by atoms with Gasteiger partial charge in [-0.05, 0) is 18.6 Å². The fourth-order valence-electron chi connectivity index (χ4n) is 3.16. The molecule has 2 aliphatic heterocycles. The number of nitrogens with two attached hydrogens (primary N) is 1. The summed E-state index contributed by atoms with van der Waals surface area (Å²) in [6, 6.07) is 5.17. The molecule has 0 aromatic heterocycles. The van der Waals surface area contributed by atoms with Crippen molar-refractivity contribution < 1.29 is 19.5 Å². The Kier molecular flexibility index (Phi) is 4.59. The van der Waals surface area contributed by atoms with E-state index >= 15 is 0 Å². The number of anilines is 1. The van der Waals surface area contributed by atoms with E-state index in [4.69, 9.17) is 17.3 Å². The number of carbonyl (C=O) groups excluding carboxylic acids is 2. The number of halogens is 1.